The van der Waals surface area contributed by atoms with Crippen LogP contribution in [0.5, 0.6) is 0 Å². The van der Waals surface area contributed by atoms with E-state index >= 15 is 0 Å². The molecule has 0 aromatic carbocycles. The highest BCUT2D eigenvalue weighted by Gasteiger charge is 2.23. The zero-order valence-electron chi connectivity index (χ0n) is 11.0. The third kappa shape index (κ3) is 5.28. The lowest BCUT2D eigenvalue weighted by molar-refractivity contribution is -0.130. The number of hydrogen-bond acceptors (Lipinski definition) is 4. The molecule has 6 nitrogen and oxygen atoms in total. The van der Waals surface area contributed by atoms with Crippen LogP contribution in [0.4, 0.5) is 0 Å². The molecule has 0 aliphatic heterocycles. The average molecular weight is 295 g/mol. The highest BCUT2D eigenvalue weighted by Crippen LogP contribution is 1.99. The zero-order chi connectivity index (χ0) is 14.3. The Bertz CT molecular complexity index is 391. The van der Waals surface area contributed by atoms with Gasteiger partial charge in [-0.1, -0.05) is 12.2 Å². The molecule has 0 aliphatic carbocycles. The van der Waals surface area contributed by atoms with Gasteiger partial charge in [0.1, 0.15) is 5.25 Å². The van der Waals surface area contributed by atoms with Gasteiger partial charge in [-0.2, -0.15) is 0 Å². The molecule has 0 radical (unpaired) electrons. The van der Waals surface area contributed by atoms with E-state index in [4.69, 9.17) is 5.73 Å². The number of nitrogens with zero attached hydrogens (tertiary/aromatic N) is 1. The first-order chi connectivity index (χ1) is 8.26. The molecule has 0 saturated carbocycles. The van der Waals surface area contributed by atoms with Crippen molar-refractivity contribution in [2.75, 3.05) is 19.6 Å². The van der Waals surface area contributed by atoms with Crippen LogP contribution in [-0.4, -0.2) is 49.1 Å². The van der Waals surface area contributed by atoms with Crippen LogP contribution < -0.4 is 10.5 Å². The standard InChI is InChI=1S/C10H21N3O3S2/c1-4-13(5-2)9(14)6-7-12-18(15,16)8(3)10(11)17/h8,12H,4-7H2,1-3H3,(H2,11,17). The van der Waals surface area contributed by atoms with E-state index in [1.807, 2.05) is 13.8 Å². The molecule has 0 rings (SSSR count). The number of carbonyl (C=O) groups is 1. The summed E-state index contributed by atoms with van der Waals surface area (Å²) in [6.45, 7) is 6.46. The number of nitrogens with one attached hydrogen (secondary N) is 1. The number of thiocarbonyl (C=S) groups is 1. The Kier molecular flexibility index (Phi) is 7.34. The minimum absolute atomic E-state index is 0.0601. The fraction of sp³-hybridized carbons (Fsp3) is 0.800. The monoisotopic (exact) mass is 295 g/mol. The van der Waals surface area contributed by atoms with E-state index in [2.05, 4.69) is 16.9 Å². The van der Waals surface area contributed by atoms with Gasteiger partial charge >= 0.3 is 0 Å². The van der Waals surface area contributed by atoms with Crippen LogP contribution in [0.1, 0.15) is 27.2 Å². The average Bonchev–Trinajstić information content (AvgIpc) is 2.29. The van der Waals surface area contributed by atoms with Crippen LogP contribution in [0.25, 0.3) is 0 Å². The van der Waals surface area contributed by atoms with Crippen LogP contribution in [0, 0.1) is 0 Å². The Balaban J connectivity index is 4.28. The highest BCUT2D eigenvalue weighted by atomic mass is 32.2. The molecule has 1 atom stereocenters. The van der Waals surface area contributed by atoms with Gasteiger partial charge in [0.05, 0.1) is 4.99 Å². The van der Waals surface area contributed by atoms with Gasteiger partial charge in [-0.25, -0.2) is 13.1 Å². The first kappa shape index (κ1) is 17.3. The molecule has 1 unspecified atom stereocenters. The summed E-state index contributed by atoms with van der Waals surface area (Å²) in [6, 6.07) is 0. The molecule has 0 aromatic heterocycles. The highest BCUT2D eigenvalue weighted by molar-refractivity contribution is 7.93. The molecule has 0 heterocycles. The normalized spacial score (nSPS) is 13.1. The minimum Gasteiger partial charge on any atom is -0.392 e. The van der Waals surface area contributed by atoms with Crippen LogP contribution in [0.3, 0.4) is 0 Å². The van der Waals surface area contributed by atoms with Crippen LogP contribution in [0.2, 0.25) is 0 Å². The van der Waals surface area contributed by atoms with Gasteiger partial charge in [0.25, 0.3) is 0 Å². The summed E-state index contributed by atoms with van der Waals surface area (Å²) in [4.78, 5) is 13.2. The van der Waals surface area contributed by atoms with E-state index in [9.17, 15) is 13.2 Å². The summed E-state index contributed by atoms with van der Waals surface area (Å²) in [6.07, 6.45) is 0.130. The van der Waals surface area contributed by atoms with Gasteiger partial charge in [0.15, 0.2) is 0 Å². The number of nitrogens with two attached hydrogens (primary N) is 1. The number of carbonyl (C=O) groups excluding carboxylic acids is 1. The van der Waals surface area contributed by atoms with Gasteiger partial charge in [-0.05, 0) is 20.8 Å². The maximum absolute atomic E-state index is 11.7. The number of sulfonamides is 1. The summed E-state index contributed by atoms with van der Waals surface area (Å²) >= 11 is 4.63. The van der Waals surface area contributed by atoms with E-state index in [0.717, 1.165) is 0 Å². The van der Waals surface area contributed by atoms with E-state index in [0.29, 0.717) is 13.1 Å². The van der Waals surface area contributed by atoms with Crippen LogP contribution in [0.15, 0.2) is 0 Å². The van der Waals surface area contributed by atoms with Gasteiger partial charge in [-0.3, -0.25) is 4.79 Å². The Morgan fingerprint density at radius 1 is 1.39 bits per heavy atom. The quantitative estimate of drug-likeness (QED) is 0.607. The lowest BCUT2D eigenvalue weighted by Crippen LogP contribution is -2.41. The van der Waals surface area contributed by atoms with Gasteiger partial charge in [0, 0.05) is 26.1 Å². The lowest BCUT2D eigenvalue weighted by atomic mass is 10.3. The Hall–Kier alpha value is -0.730. The molecule has 8 heteroatoms. The molecule has 3 N–H and O–H groups in total. The zero-order valence-corrected chi connectivity index (χ0v) is 12.6. The van der Waals surface area contributed by atoms with Crippen molar-refractivity contribution in [1.82, 2.24) is 9.62 Å². The summed E-state index contributed by atoms with van der Waals surface area (Å²) in [5.74, 6) is -0.0781. The topological polar surface area (TPSA) is 92.5 Å². The summed E-state index contributed by atoms with van der Waals surface area (Å²) in [5, 5.41) is -0.934. The van der Waals surface area contributed by atoms with Crippen LogP contribution in [-0.2, 0) is 14.8 Å². The molecular weight excluding hydrogens is 274 g/mol. The van der Waals surface area contributed by atoms with Crippen molar-refractivity contribution >= 4 is 33.1 Å². The maximum Gasteiger partial charge on any atom is 0.223 e. The fourth-order valence-electron chi connectivity index (χ4n) is 1.31. The van der Waals surface area contributed by atoms with Crippen molar-refractivity contribution < 1.29 is 13.2 Å². The van der Waals surface area contributed by atoms with Crippen LogP contribution >= 0.6 is 12.2 Å². The molecule has 0 aromatic rings. The Morgan fingerprint density at radius 2 is 1.89 bits per heavy atom. The van der Waals surface area contributed by atoms with Crippen molar-refractivity contribution in [3.05, 3.63) is 0 Å². The molecule has 106 valence electrons. The predicted molar refractivity (Wildman–Crippen MR) is 75.7 cm³/mol. The number of hydrogen-bond donors (Lipinski definition) is 2. The fourth-order valence-corrected chi connectivity index (χ4v) is 2.64. The van der Waals surface area contributed by atoms with Crippen molar-refractivity contribution in [1.29, 1.82) is 0 Å². The van der Waals surface area contributed by atoms with E-state index in [-0.39, 0.29) is 23.9 Å². The van der Waals surface area contributed by atoms with Gasteiger partial charge in [0.2, 0.25) is 15.9 Å². The second-order valence-electron chi connectivity index (χ2n) is 3.80. The minimum atomic E-state index is -3.58. The molecule has 0 saturated heterocycles. The third-order valence-corrected chi connectivity index (χ3v) is 4.92. The van der Waals surface area contributed by atoms with Gasteiger partial charge in [-0.15, -0.1) is 0 Å². The second-order valence-corrected chi connectivity index (χ2v) is 6.36. The van der Waals surface area contributed by atoms with Crippen molar-refractivity contribution in [2.45, 2.75) is 32.4 Å². The molecule has 18 heavy (non-hydrogen) atoms. The Morgan fingerprint density at radius 3 is 2.28 bits per heavy atom. The van der Waals surface area contributed by atoms with Crippen molar-refractivity contribution in [3.63, 3.8) is 0 Å². The van der Waals surface area contributed by atoms with E-state index < -0.39 is 15.3 Å². The molecule has 0 spiro atoms. The lowest BCUT2D eigenvalue weighted by Gasteiger charge is -2.19. The maximum atomic E-state index is 11.7. The second kappa shape index (κ2) is 7.65. The molecule has 0 bridgehead atoms. The third-order valence-electron chi connectivity index (χ3n) is 2.62. The summed E-state index contributed by atoms with van der Waals surface area (Å²) < 4.78 is 25.6. The first-order valence-corrected chi connectivity index (χ1v) is 7.77. The largest absolute Gasteiger partial charge is 0.392 e. The van der Waals surface area contributed by atoms with E-state index in [1.54, 1.807) is 4.90 Å². The van der Waals surface area contributed by atoms with E-state index in [1.165, 1.54) is 6.92 Å². The summed E-state index contributed by atoms with van der Waals surface area (Å²) in [7, 11) is -3.58. The first-order valence-electron chi connectivity index (χ1n) is 5.81. The predicted octanol–water partition coefficient (Wildman–Crippen LogP) is -0.161. The smallest absolute Gasteiger partial charge is 0.223 e. The van der Waals surface area contributed by atoms with Crippen molar-refractivity contribution in [3.8, 4) is 0 Å². The van der Waals surface area contributed by atoms with Crippen molar-refractivity contribution in [2.24, 2.45) is 5.73 Å². The molecule has 0 fully saturated rings. The molecule has 1 amide bonds. The number of amides is 1. The molecular formula is C10H21N3O3S2. The molecule has 0 aliphatic rings. The number of rotatable bonds is 8. The van der Waals surface area contributed by atoms with Gasteiger partial charge < -0.3 is 10.6 Å². The Labute approximate surface area is 114 Å². The summed E-state index contributed by atoms with van der Waals surface area (Å²) in [5.41, 5.74) is 5.28. The SMILES string of the molecule is CCN(CC)C(=O)CCNS(=O)(=O)C(C)C(N)=S.